The van der Waals surface area contributed by atoms with Gasteiger partial charge in [-0.25, -0.2) is 0 Å². The van der Waals surface area contributed by atoms with Crippen molar-refractivity contribution in [3.8, 4) is 0 Å². The zero-order chi connectivity index (χ0) is 13.3. The number of benzene rings is 1. The van der Waals surface area contributed by atoms with Crippen LogP contribution in [0.1, 0.15) is 5.56 Å². The van der Waals surface area contributed by atoms with Crippen LogP contribution in [0.2, 0.25) is 5.02 Å². The lowest BCUT2D eigenvalue weighted by Crippen LogP contribution is -2.17. The summed E-state index contributed by atoms with van der Waals surface area (Å²) in [6, 6.07) is 5.64. The fraction of sp³-hybridized carbons (Fsp3) is 0.167. The standard InChI is InChI=1S/C12H11ClN2OS2/c1-15(2)9-5-3-4-8(13)7(9)6-10-11(16)14-12(17)18-10/h3-6H,1-2H3,(H,14,16,17)/b10-6+. The highest BCUT2D eigenvalue weighted by Gasteiger charge is 2.23. The Morgan fingerprint density at radius 3 is 2.72 bits per heavy atom. The van der Waals surface area contributed by atoms with E-state index >= 15 is 0 Å². The molecule has 0 aliphatic carbocycles. The van der Waals surface area contributed by atoms with Crippen LogP contribution < -0.4 is 10.2 Å². The number of halogens is 1. The van der Waals surface area contributed by atoms with Crippen molar-refractivity contribution >= 4 is 57.6 Å². The molecular weight excluding hydrogens is 288 g/mol. The molecule has 0 saturated carbocycles. The van der Waals surface area contributed by atoms with Crippen molar-refractivity contribution in [2.45, 2.75) is 0 Å². The fourth-order valence-corrected chi connectivity index (χ4v) is 2.86. The molecule has 1 aliphatic heterocycles. The molecule has 94 valence electrons. The largest absolute Gasteiger partial charge is 0.377 e. The van der Waals surface area contributed by atoms with Crippen molar-refractivity contribution in [2.24, 2.45) is 0 Å². The maximum atomic E-state index is 11.6. The summed E-state index contributed by atoms with van der Waals surface area (Å²) in [6.07, 6.45) is 1.77. The number of thiocarbonyl (C=S) groups is 1. The van der Waals surface area contributed by atoms with Crippen LogP contribution >= 0.6 is 35.6 Å². The molecule has 0 bridgehead atoms. The molecular formula is C12H11ClN2OS2. The van der Waals surface area contributed by atoms with Gasteiger partial charge in [0.2, 0.25) is 0 Å². The quantitative estimate of drug-likeness (QED) is 0.672. The van der Waals surface area contributed by atoms with Crippen molar-refractivity contribution in [1.82, 2.24) is 5.32 Å². The van der Waals surface area contributed by atoms with E-state index < -0.39 is 0 Å². The first-order chi connectivity index (χ1) is 8.49. The van der Waals surface area contributed by atoms with E-state index in [1.165, 1.54) is 11.8 Å². The Labute approximate surface area is 120 Å². The molecule has 3 nitrogen and oxygen atoms in total. The van der Waals surface area contributed by atoms with Crippen LogP contribution in [-0.4, -0.2) is 24.3 Å². The van der Waals surface area contributed by atoms with Crippen LogP contribution in [0.4, 0.5) is 5.69 Å². The second kappa shape index (κ2) is 5.30. The van der Waals surface area contributed by atoms with Crippen LogP contribution in [0.5, 0.6) is 0 Å². The smallest absolute Gasteiger partial charge is 0.263 e. The molecule has 1 amide bonds. The zero-order valence-electron chi connectivity index (χ0n) is 9.86. The third-order valence-corrected chi connectivity index (χ3v) is 3.92. The van der Waals surface area contributed by atoms with Crippen LogP contribution in [0, 0.1) is 0 Å². The molecule has 1 heterocycles. The second-order valence-corrected chi connectivity index (χ2v) is 6.05. The molecule has 0 unspecified atom stereocenters. The number of hydrogen-bond acceptors (Lipinski definition) is 4. The van der Waals surface area contributed by atoms with Gasteiger partial charge in [0, 0.05) is 30.4 Å². The monoisotopic (exact) mass is 298 g/mol. The number of nitrogens with one attached hydrogen (secondary N) is 1. The molecule has 0 atom stereocenters. The first-order valence-electron chi connectivity index (χ1n) is 5.19. The first kappa shape index (κ1) is 13.4. The number of rotatable bonds is 2. The van der Waals surface area contributed by atoms with E-state index in [4.69, 9.17) is 23.8 Å². The maximum absolute atomic E-state index is 11.6. The molecule has 0 radical (unpaired) electrons. The molecule has 1 N–H and O–H groups in total. The van der Waals surface area contributed by atoms with Crippen LogP contribution in [-0.2, 0) is 4.79 Å². The molecule has 1 aromatic carbocycles. The summed E-state index contributed by atoms with van der Waals surface area (Å²) >= 11 is 12.4. The summed E-state index contributed by atoms with van der Waals surface area (Å²) < 4.78 is 0.477. The Morgan fingerprint density at radius 1 is 1.44 bits per heavy atom. The van der Waals surface area contributed by atoms with E-state index in [0.29, 0.717) is 14.2 Å². The number of anilines is 1. The summed E-state index contributed by atoms with van der Waals surface area (Å²) in [7, 11) is 3.86. The lowest BCUT2D eigenvalue weighted by molar-refractivity contribution is -0.115. The van der Waals surface area contributed by atoms with E-state index in [2.05, 4.69) is 5.32 Å². The van der Waals surface area contributed by atoms with Gasteiger partial charge in [0.05, 0.1) is 4.91 Å². The molecule has 0 aromatic heterocycles. The third kappa shape index (κ3) is 2.68. The maximum Gasteiger partial charge on any atom is 0.263 e. The fourth-order valence-electron chi connectivity index (χ4n) is 1.61. The summed E-state index contributed by atoms with van der Waals surface area (Å²) in [5.41, 5.74) is 1.78. The van der Waals surface area contributed by atoms with Crippen LogP contribution in [0.15, 0.2) is 23.1 Å². The van der Waals surface area contributed by atoms with Crippen LogP contribution in [0.3, 0.4) is 0 Å². The van der Waals surface area contributed by atoms with E-state index in [0.717, 1.165) is 11.3 Å². The van der Waals surface area contributed by atoms with Crippen molar-refractivity contribution in [3.63, 3.8) is 0 Å². The van der Waals surface area contributed by atoms with E-state index in [9.17, 15) is 4.79 Å². The van der Waals surface area contributed by atoms with E-state index in [-0.39, 0.29) is 5.91 Å². The van der Waals surface area contributed by atoms with Gasteiger partial charge in [-0.05, 0) is 18.2 Å². The summed E-state index contributed by atoms with van der Waals surface area (Å²) in [5.74, 6) is -0.172. The number of carbonyl (C=O) groups is 1. The number of amides is 1. The van der Waals surface area contributed by atoms with E-state index in [1.807, 2.05) is 31.1 Å². The minimum atomic E-state index is -0.172. The van der Waals surface area contributed by atoms with Gasteiger partial charge in [0.1, 0.15) is 4.32 Å². The van der Waals surface area contributed by atoms with E-state index in [1.54, 1.807) is 12.1 Å². The lowest BCUT2D eigenvalue weighted by atomic mass is 10.1. The Morgan fingerprint density at radius 2 is 2.17 bits per heavy atom. The predicted octanol–water partition coefficient (Wildman–Crippen LogP) is 2.89. The Balaban J connectivity index is 2.49. The second-order valence-electron chi connectivity index (χ2n) is 3.92. The van der Waals surface area contributed by atoms with Crippen molar-refractivity contribution < 1.29 is 4.79 Å². The van der Waals surface area contributed by atoms with Gasteiger partial charge in [0.25, 0.3) is 5.91 Å². The van der Waals surface area contributed by atoms with Crippen molar-refractivity contribution in [2.75, 3.05) is 19.0 Å². The first-order valence-corrected chi connectivity index (χ1v) is 6.80. The Bertz CT molecular complexity index is 555. The summed E-state index contributed by atoms with van der Waals surface area (Å²) in [5, 5.41) is 3.20. The van der Waals surface area contributed by atoms with Gasteiger partial charge in [-0.2, -0.15) is 0 Å². The molecule has 6 heteroatoms. The zero-order valence-corrected chi connectivity index (χ0v) is 12.2. The van der Waals surface area contributed by atoms with Gasteiger partial charge in [-0.3, -0.25) is 4.79 Å². The highest BCUT2D eigenvalue weighted by molar-refractivity contribution is 8.26. The van der Waals surface area contributed by atoms with Gasteiger partial charge in [0.15, 0.2) is 0 Å². The average molecular weight is 299 g/mol. The lowest BCUT2D eigenvalue weighted by Gasteiger charge is -2.16. The van der Waals surface area contributed by atoms with Crippen molar-refractivity contribution in [1.29, 1.82) is 0 Å². The number of hydrogen-bond donors (Lipinski definition) is 1. The minimum absolute atomic E-state index is 0.172. The minimum Gasteiger partial charge on any atom is -0.377 e. The van der Waals surface area contributed by atoms with Gasteiger partial charge >= 0.3 is 0 Å². The average Bonchev–Trinajstić information content (AvgIpc) is 2.60. The molecule has 1 fully saturated rings. The Hall–Kier alpha value is -1.04. The SMILES string of the molecule is CN(C)c1cccc(Cl)c1/C=C1/SC(=S)NC1=O. The normalized spacial score (nSPS) is 17.2. The Kier molecular flexibility index (Phi) is 3.94. The van der Waals surface area contributed by atoms with Crippen LogP contribution in [0.25, 0.3) is 6.08 Å². The molecule has 1 aliphatic rings. The highest BCUT2D eigenvalue weighted by atomic mass is 35.5. The number of carbonyl (C=O) groups excluding carboxylic acids is 1. The van der Waals surface area contributed by atoms with Crippen molar-refractivity contribution in [3.05, 3.63) is 33.7 Å². The molecule has 0 spiro atoms. The molecule has 2 rings (SSSR count). The van der Waals surface area contributed by atoms with Gasteiger partial charge < -0.3 is 10.2 Å². The highest BCUT2D eigenvalue weighted by Crippen LogP contribution is 2.33. The van der Waals surface area contributed by atoms with Gasteiger partial charge in [-0.15, -0.1) is 0 Å². The number of thioether (sulfide) groups is 1. The predicted molar refractivity (Wildman–Crippen MR) is 82.1 cm³/mol. The van der Waals surface area contributed by atoms with Gasteiger partial charge in [-0.1, -0.05) is 41.6 Å². The summed E-state index contributed by atoms with van der Waals surface area (Å²) in [6.45, 7) is 0. The summed E-state index contributed by atoms with van der Waals surface area (Å²) in [4.78, 5) is 14.2. The number of nitrogens with zero attached hydrogens (tertiary/aromatic N) is 1. The molecule has 18 heavy (non-hydrogen) atoms. The molecule has 1 aromatic rings. The third-order valence-electron chi connectivity index (χ3n) is 2.43. The topological polar surface area (TPSA) is 32.3 Å². The molecule has 1 saturated heterocycles.